The van der Waals surface area contributed by atoms with Gasteiger partial charge in [-0.1, -0.05) is 24.3 Å². The quantitative estimate of drug-likeness (QED) is 0.832. The van der Waals surface area contributed by atoms with Crippen molar-refractivity contribution < 1.29 is 19.4 Å². The highest BCUT2D eigenvalue weighted by Crippen LogP contribution is 2.17. The Morgan fingerprint density at radius 3 is 2.68 bits per heavy atom. The summed E-state index contributed by atoms with van der Waals surface area (Å²) in [6.07, 6.45) is 0.501. The molecule has 0 unspecified atom stereocenters. The summed E-state index contributed by atoms with van der Waals surface area (Å²) in [7, 11) is 0. The molecule has 2 aromatic rings. The van der Waals surface area contributed by atoms with Gasteiger partial charge in [-0.05, 0) is 30.7 Å². The van der Waals surface area contributed by atoms with Gasteiger partial charge in [-0.3, -0.25) is 14.5 Å². The van der Waals surface area contributed by atoms with E-state index in [1.165, 1.54) is 12.1 Å². The summed E-state index contributed by atoms with van der Waals surface area (Å²) < 4.78 is 5.42. The van der Waals surface area contributed by atoms with Crippen molar-refractivity contribution in [3.8, 4) is 11.5 Å². The van der Waals surface area contributed by atoms with E-state index < -0.39 is 0 Å². The minimum atomic E-state index is -0.354. The van der Waals surface area contributed by atoms with Crippen molar-refractivity contribution >= 4 is 12.3 Å². The largest absolute Gasteiger partial charge is 0.508 e. The minimum Gasteiger partial charge on any atom is -0.508 e. The molecule has 0 aromatic heterocycles. The Kier molecular flexibility index (Phi) is 5.14. The predicted octanol–water partition coefficient (Wildman–Crippen LogP) is 2.38. The van der Waals surface area contributed by atoms with Gasteiger partial charge in [0, 0.05) is 11.6 Å². The van der Waals surface area contributed by atoms with Crippen LogP contribution in [0, 0.1) is 6.92 Å². The van der Waals surface area contributed by atoms with Crippen molar-refractivity contribution in [2.24, 2.45) is 0 Å². The van der Waals surface area contributed by atoms with E-state index in [0.29, 0.717) is 17.7 Å². The molecule has 0 spiro atoms. The first kappa shape index (κ1) is 15.6. The number of aromatic hydroxyl groups is 1. The van der Waals surface area contributed by atoms with Crippen LogP contribution >= 0.6 is 0 Å². The van der Waals surface area contributed by atoms with Gasteiger partial charge in [0.1, 0.15) is 18.1 Å². The van der Waals surface area contributed by atoms with Crippen LogP contribution < -0.4 is 4.74 Å². The number of nitrogens with zero attached hydrogens (tertiary/aromatic N) is 1. The van der Waals surface area contributed by atoms with Crippen LogP contribution in [-0.4, -0.2) is 35.5 Å². The molecule has 0 aliphatic carbocycles. The molecular weight excluding hydrogens is 282 g/mol. The molecule has 2 rings (SSSR count). The molecule has 22 heavy (non-hydrogen) atoms. The summed E-state index contributed by atoms with van der Waals surface area (Å²) in [6.45, 7) is 2.10. The van der Waals surface area contributed by atoms with E-state index in [9.17, 15) is 14.7 Å². The highest BCUT2D eigenvalue weighted by Gasteiger charge is 2.16. The fourth-order valence-corrected chi connectivity index (χ4v) is 2.00. The van der Waals surface area contributed by atoms with Gasteiger partial charge in [0.15, 0.2) is 0 Å². The molecule has 114 valence electrons. The van der Waals surface area contributed by atoms with Gasteiger partial charge in [0.25, 0.3) is 5.91 Å². The molecule has 2 aromatic carbocycles. The van der Waals surface area contributed by atoms with E-state index in [1.54, 1.807) is 24.3 Å². The lowest BCUT2D eigenvalue weighted by molar-refractivity contribution is -0.116. The van der Waals surface area contributed by atoms with Crippen molar-refractivity contribution in [1.29, 1.82) is 0 Å². The van der Waals surface area contributed by atoms with Crippen LogP contribution in [0.15, 0.2) is 48.5 Å². The van der Waals surface area contributed by atoms with Gasteiger partial charge in [0.2, 0.25) is 6.41 Å². The second-order valence-electron chi connectivity index (χ2n) is 4.76. The normalized spacial score (nSPS) is 10.0. The van der Waals surface area contributed by atoms with E-state index in [2.05, 4.69) is 0 Å². The number of phenols is 1. The Balaban J connectivity index is 1.96. The van der Waals surface area contributed by atoms with Crippen LogP contribution in [0.2, 0.25) is 0 Å². The van der Waals surface area contributed by atoms with Crippen molar-refractivity contribution in [2.75, 3.05) is 13.2 Å². The van der Waals surface area contributed by atoms with E-state index in [4.69, 9.17) is 4.74 Å². The predicted molar refractivity (Wildman–Crippen MR) is 81.9 cm³/mol. The molecule has 0 aliphatic heterocycles. The first-order chi connectivity index (χ1) is 10.6. The standard InChI is InChI=1S/C17H17NO4/c1-13-5-2-3-8-16(13)17(21)18(12-19)9-10-22-15-7-4-6-14(20)11-15/h2-8,11-12,20H,9-10H2,1H3. The molecule has 0 radical (unpaired) electrons. The maximum atomic E-state index is 12.3. The number of hydrogen-bond donors (Lipinski definition) is 1. The topological polar surface area (TPSA) is 66.8 Å². The number of benzene rings is 2. The molecule has 5 nitrogen and oxygen atoms in total. The maximum absolute atomic E-state index is 12.3. The second kappa shape index (κ2) is 7.26. The lowest BCUT2D eigenvalue weighted by Crippen LogP contribution is -2.33. The van der Waals surface area contributed by atoms with Crippen LogP contribution in [0.3, 0.4) is 0 Å². The van der Waals surface area contributed by atoms with E-state index >= 15 is 0 Å². The number of ether oxygens (including phenoxy) is 1. The zero-order valence-corrected chi connectivity index (χ0v) is 12.2. The molecule has 5 heteroatoms. The SMILES string of the molecule is Cc1ccccc1C(=O)N(C=O)CCOc1cccc(O)c1. The first-order valence-electron chi connectivity index (χ1n) is 6.85. The smallest absolute Gasteiger partial charge is 0.260 e. The fraction of sp³-hybridized carbons (Fsp3) is 0.176. The van der Waals surface area contributed by atoms with Gasteiger partial charge in [-0.15, -0.1) is 0 Å². The number of imide groups is 1. The average Bonchev–Trinajstić information content (AvgIpc) is 2.51. The van der Waals surface area contributed by atoms with Crippen LogP contribution in [-0.2, 0) is 4.79 Å². The zero-order chi connectivity index (χ0) is 15.9. The van der Waals surface area contributed by atoms with Gasteiger partial charge >= 0.3 is 0 Å². The molecule has 1 N–H and O–H groups in total. The lowest BCUT2D eigenvalue weighted by Gasteiger charge is -2.17. The molecule has 0 aliphatic rings. The third-order valence-electron chi connectivity index (χ3n) is 3.18. The fourth-order valence-electron chi connectivity index (χ4n) is 2.00. The summed E-state index contributed by atoms with van der Waals surface area (Å²) in [6, 6.07) is 13.4. The number of aryl methyl sites for hydroxylation is 1. The zero-order valence-electron chi connectivity index (χ0n) is 12.2. The molecular formula is C17H17NO4. The number of hydrogen-bond acceptors (Lipinski definition) is 4. The third kappa shape index (κ3) is 3.85. The minimum absolute atomic E-state index is 0.0979. The van der Waals surface area contributed by atoms with Crippen LogP contribution in [0.25, 0.3) is 0 Å². The highest BCUT2D eigenvalue weighted by molar-refractivity contribution is 6.00. The van der Waals surface area contributed by atoms with E-state index in [1.807, 2.05) is 19.1 Å². The number of rotatable bonds is 6. The van der Waals surface area contributed by atoms with Crippen molar-refractivity contribution in [2.45, 2.75) is 6.92 Å². The van der Waals surface area contributed by atoms with Crippen molar-refractivity contribution in [3.63, 3.8) is 0 Å². The lowest BCUT2D eigenvalue weighted by atomic mass is 10.1. The summed E-state index contributed by atoms with van der Waals surface area (Å²) in [5.41, 5.74) is 1.31. The Morgan fingerprint density at radius 1 is 1.23 bits per heavy atom. The van der Waals surface area contributed by atoms with Crippen LogP contribution in [0.5, 0.6) is 11.5 Å². The Morgan fingerprint density at radius 2 is 2.00 bits per heavy atom. The molecule has 2 amide bonds. The molecule has 0 heterocycles. The number of carbonyl (C=O) groups is 2. The molecule has 0 bridgehead atoms. The summed E-state index contributed by atoms with van der Waals surface area (Å²) in [5.74, 6) is 0.225. The third-order valence-corrected chi connectivity index (χ3v) is 3.18. The molecule has 0 saturated carbocycles. The van der Waals surface area contributed by atoms with Crippen LogP contribution in [0.4, 0.5) is 0 Å². The molecule has 0 fully saturated rings. The van der Waals surface area contributed by atoms with Crippen LogP contribution in [0.1, 0.15) is 15.9 Å². The molecule has 0 atom stereocenters. The van der Waals surface area contributed by atoms with Crippen molar-refractivity contribution in [3.05, 3.63) is 59.7 Å². The van der Waals surface area contributed by atoms with Crippen molar-refractivity contribution in [1.82, 2.24) is 4.90 Å². The summed E-state index contributed by atoms with van der Waals surface area (Å²) in [4.78, 5) is 24.5. The summed E-state index contributed by atoms with van der Waals surface area (Å²) >= 11 is 0. The van der Waals surface area contributed by atoms with Gasteiger partial charge in [-0.2, -0.15) is 0 Å². The first-order valence-corrected chi connectivity index (χ1v) is 6.85. The maximum Gasteiger partial charge on any atom is 0.260 e. The molecule has 0 saturated heterocycles. The summed E-state index contributed by atoms with van der Waals surface area (Å²) in [5, 5.41) is 9.33. The number of amides is 2. The van der Waals surface area contributed by atoms with Gasteiger partial charge in [0.05, 0.1) is 6.54 Å². The number of carbonyl (C=O) groups excluding carboxylic acids is 2. The van der Waals surface area contributed by atoms with Gasteiger partial charge in [-0.25, -0.2) is 0 Å². The second-order valence-corrected chi connectivity index (χ2v) is 4.76. The Labute approximate surface area is 128 Å². The van der Waals surface area contributed by atoms with Gasteiger partial charge < -0.3 is 9.84 Å². The Bertz CT molecular complexity index is 669. The number of phenolic OH excluding ortho intramolecular Hbond substituents is 1. The van der Waals surface area contributed by atoms with E-state index in [-0.39, 0.29) is 24.8 Å². The average molecular weight is 299 g/mol. The monoisotopic (exact) mass is 299 g/mol. The highest BCUT2D eigenvalue weighted by atomic mass is 16.5. The Hall–Kier alpha value is -2.82. The van der Waals surface area contributed by atoms with E-state index in [0.717, 1.165) is 10.5 Å².